The fraction of sp³-hybridized carbons (Fsp3) is 0.333. The molecule has 2 aromatic carbocycles. The van der Waals surface area contributed by atoms with E-state index in [-0.39, 0.29) is 12.4 Å². The van der Waals surface area contributed by atoms with Crippen LogP contribution < -0.4 is 4.74 Å². The van der Waals surface area contributed by atoms with Crippen molar-refractivity contribution in [3.8, 4) is 5.75 Å². The van der Waals surface area contributed by atoms with Gasteiger partial charge in [0.15, 0.2) is 12.4 Å². The summed E-state index contributed by atoms with van der Waals surface area (Å²) >= 11 is 5.99. The lowest BCUT2D eigenvalue weighted by atomic mass is 10.0. The number of ether oxygens (including phenoxy) is 1. The van der Waals surface area contributed by atoms with Gasteiger partial charge in [-0.1, -0.05) is 17.7 Å². The van der Waals surface area contributed by atoms with E-state index in [1.807, 2.05) is 50.9 Å². The number of hydrogen-bond donors (Lipinski definition) is 0. The van der Waals surface area contributed by atoms with Crippen LogP contribution in [0.5, 0.6) is 5.75 Å². The summed E-state index contributed by atoms with van der Waals surface area (Å²) in [5.74, 6) is 0.565. The van der Waals surface area contributed by atoms with Crippen LogP contribution in [0.2, 0.25) is 5.02 Å². The van der Waals surface area contributed by atoms with Gasteiger partial charge in [-0.25, -0.2) is 4.99 Å². The van der Waals surface area contributed by atoms with E-state index in [0.717, 1.165) is 28.9 Å². The number of rotatable bonds is 7. The molecule has 0 unspecified atom stereocenters. The Morgan fingerprint density at radius 3 is 2.58 bits per heavy atom. The van der Waals surface area contributed by atoms with Crippen LogP contribution in [0.1, 0.15) is 34.0 Å². The van der Waals surface area contributed by atoms with Gasteiger partial charge < -0.3 is 9.64 Å². The number of carbonyl (C=O) groups excluding carboxylic acids is 1. The maximum absolute atomic E-state index is 12.6. The Bertz CT molecular complexity index is 831. The average Bonchev–Trinajstić information content (AvgIpc) is 2.62. The molecule has 0 bridgehead atoms. The third-order valence-electron chi connectivity index (χ3n) is 4.25. The van der Waals surface area contributed by atoms with Crippen LogP contribution in [0.4, 0.5) is 5.69 Å². The van der Waals surface area contributed by atoms with Crippen LogP contribution >= 0.6 is 11.6 Å². The van der Waals surface area contributed by atoms with Gasteiger partial charge in [0.25, 0.3) is 0 Å². The first kappa shape index (κ1) is 20.0. The second kappa shape index (κ2) is 8.86. The Labute approximate surface area is 160 Å². The molecule has 0 spiro atoms. The summed E-state index contributed by atoms with van der Waals surface area (Å²) < 4.78 is 5.68. The number of hydrogen-bond acceptors (Lipinski definition) is 3. The van der Waals surface area contributed by atoms with E-state index in [1.54, 1.807) is 18.5 Å². The fourth-order valence-corrected chi connectivity index (χ4v) is 2.60. The molecule has 0 saturated carbocycles. The molecule has 0 aliphatic rings. The summed E-state index contributed by atoms with van der Waals surface area (Å²) in [5.41, 5.74) is 4.31. The molecule has 138 valence electrons. The van der Waals surface area contributed by atoms with E-state index in [0.29, 0.717) is 16.3 Å². The largest absolute Gasteiger partial charge is 0.485 e. The van der Waals surface area contributed by atoms with Gasteiger partial charge in [0.2, 0.25) is 0 Å². The molecule has 0 radical (unpaired) electrons. The lowest BCUT2D eigenvalue weighted by Gasteiger charge is -2.12. The standard InChI is InChI=1S/C21H25ClN2O2/c1-6-24(5)13-23-19-10-15(3)18(9-16(19)4)20(25)12-26-21-11-17(22)8-7-14(21)2/h7-11,13H,6,12H2,1-5H3. The molecule has 0 heterocycles. The second-order valence-electron chi connectivity index (χ2n) is 6.39. The molecule has 2 aromatic rings. The number of aliphatic imine (C=N–C) groups is 1. The smallest absolute Gasteiger partial charge is 0.200 e. The van der Waals surface area contributed by atoms with Crippen LogP contribution in [0.3, 0.4) is 0 Å². The summed E-state index contributed by atoms with van der Waals surface area (Å²) in [7, 11) is 1.97. The van der Waals surface area contributed by atoms with Crippen molar-refractivity contribution in [2.75, 3.05) is 20.2 Å². The number of aryl methyl sites for hydroxylation is 3. The summed E-state index contributed by atoms with van der Waals surface area (Å²) in [6.07, 6.45) is 1.80. The molecular formula is C21H25ClN2O2. The lowest BCUT2D eigenvalue weighted by molar-refractivity contribution is 0.0920. The normalized spacial score (nSPS) is 11.0. The molecular weight excluding hydrogens is 348 g/mol. The van der Waals surface area contributed by atoms with Crippen LogP contribution in [-0.2, 0) is 0 Å². The third-order valence-corrected chi connectivity index (χ3v) is 4.48. The minimum atomic E-state index is -0.0637. The quantitative estimate of drug-likeness (QED) is 0.384. The van der Waals surface area contributed by atoms with Crippen molar-refractivity contribution in [1.29, 1.82) is 0 Å². The molecule has 0 amide bonds. The maximum atomic E-state index is 12.6. The SMILES string of the molecule is CCN(C)C=Nc1cc(C)c(C(=O)COc2cc(Cl)ccc2C)cc1C. The lowest BCUT2D eigenvalue weighted by Crippen LogP contribution is -2.15. The average molecular weight is 373 g/mol. The highest BCUT2D eigenvalue weighted by Crippen LogP contribution is 2.25. The van der Waals surface area contributed by atoms with Crippen molar-refractivity contribution in [1.82, 2.24) is 4.90 Å². The number of carbonyl (C=O) groups is 1. The van der Waals surface area contributed by atoms with E-state index in [4.69, 9.17) is 16.3 Å². The molecule has 0 aliphatic heterocycles. The highest BCUT2D eigenvalue weighted by Gasteiger charge is 2.13. The number of ketones is 1. The molecule has 0 fully saturated rings. The van der Waals surface area contributed by atoms with Gasteiger partial charge in [-0.3, -0.25) is 4.79 Å². The monoisotopic (exact) mass is 372 g/mol. The van der Waals surface area contributed by atoms with Gasteiger partial charge in [0.05, 0.1) is 12.0 Å². The highest BCUT2D eigenvalue weighted by molar-refractivity contribution is 6.30. The first-order chi connectivity index (χ1) is 12.3. The number of halogens is 1. The molecule has 0 aromatic heterocycles. The zero-order chi connectivity index (χ0) is 19.3. The topological polar surface area (TPSA) is 41.9 Å². The maximum Gasteiger partial charge on any atom is 0.200 e. The molecule has 26 heavy (non-hydrogen) atoms. The molecule has 4 nitrogen and oxygen atoms in total. The Hall–Kier alpha value is -2.33. The van der Waals surface area contributed by atoms with Crippen molar-refractivity contribution >= 4 is 29.4 Å². The molecule has 0 atom stereocenters. The second-order valence-corrected chi connectivity index (χ2v) is 6.83. The van der Waals surface area contributed by atoms with E-state index >= 15 is 0 Å². The highest BCUT2D eigenvalue weighted by atomic mass is 35.5. The third kappa shape index (κ3) is 5.09. The number of benzene rings is 2. The van der Waals surface area contributed by atoms with Gasteiger partial charge in [0.1, 0.15) is 5.75 Å². The Morgan fingerprint density at radius 1 is 1.15 bits per heavy atom. The summed E-state index contributed by atoms with van der Waals surface area (Å²) in [6, 6.07) is 9.22. The Kier molecular flexibility index (Phi) is 6.81. The first-order valence-electron chi connectivity index (χ1n) is 8.59. The number of nitrogens with zero attached hydrogens (tertiary/aromatic N) is 2. The Morgan fingerprint density at radius 2 is 1.88 bits per heavy atom. The summed E-state index contributed by atoms with van der Waals surface area (Å²) in [6.45, 7) is 8.72. The first-order valence-corrected chi connectivity index (χ1v) is 8.97. The van der Waals surface area contributed by atoms with Crippen LogP contribution in [0, 0.1) is 20.8 Å². The molecule has 0 aliphatic carbocycles. The van der Waals surface area contributed by atoms with Crippen LogP contribution in [0.25, 0.3) is 0 Å². The molecule has 0 N–H and O–H groups in total. The predicted octanol–water partition coefficient (Wildman–Crippen LogP) is 5.14. The molecule has 5 heteroatoms. The van der Waals surface area contributed by atoms with Crippen LogP contribution in [-0.4, -0.2) is 37.2 Å². The van der Waals surface area contributed by atoms with E-state index < -0.39 is 0 Å². The zero-order valence-corrected chi connectivity index (χ0v) is 16.7. The number of Topliss-reactive ketones (excluding diaryl/α,β-unsaturated/α-hetero) is 1. The van der Waals surface area contributed by atoms with Gasteiger partial charge >= 0.3 is 0 Å². The molecule has 2 rings (SSSR count). The van der Waals surface area contributed by atoms with Crippen molar-refractivity contribution < 1.29 is 9.53 Å². The minimum Gasteiger partial charge on any atom is -0.485 e. The van der Waals surface area contributed by atoms with Gasteiger partial charge in [0, 0.05) is 24.2 Å². The minimum absolute atomic E-state index is 0.0251. The predicted molar refractivity (Wildman–Crippen MR) is 108 cm³/mol. The summed E-state index contributed by atoms with van der Waals surface area (Å²) in [5, 5.41) is 0.587. The van der Waals surface area contributed by atoms with Gasteiger partial charge in [-0.05, 0) is 68.7 Å². The van der Waals surface area contributed by atoms with E-state index in [2.05, 4.69) is 11.9 Å². The van der Waals surface area contributed by atoms with Crippen molar-refractivity contribution in [2.45, 2.75) is 27.7 Å². The van der Waals surface area contributed by atoms with Crippen molar-refractivity contribution in [2.24, 2.45) is 4.99 Å². The van der Waals surface area contributed by atoms with Gasteiger partial charge in [-0.15, -0.1) is 0 Å². The van der Waals surface area contributed by atoms with E-state index in [1.165, 1.54) is 0 Å². The Balaban J connectivity index is 2.15. The fourth-order valence-electron chi connectivity index (χ4n) is 2.43. The zero-order valence-electron chi connectivity index (χ0n) is 16.0. The van der Waals surface area contributed by atoms with Crippen molar-refractivity contribution in [3.05, 3.63) is 57.6 Å². The van der Waals surface area contributed by atoms with E-state index in [9.17, 15) is 4.79 Å². The van der Waals surface area contributed by atoms with Gasteiger partial charge in [-0.2, -0.15) is 0 Å². The van der Waals surface area contributed by atoms with Crippen LogP contribution in [0.15, 0.2) is 35.3 Å². The van der Waals surface area contributed by atoms with Crippen molar-refractivity contribution in [3.63, 3.8) is 0 Å². The molecule has 0 saturated heterocycles. The summed E-state index contributed by atoms with van der Waals surface area (Å²) in [4.78, 5) is 19.1.